The Balaban J connectivity index is 2.19. The highest BCUT2D eigenvalue weighted by molar-refractivity contribution is 9.11. The molecule has 106 valence electrons. The summed E-state index contributed by atoms with van der Waals surface area (Å²) in [5.41, 5.74) is 0. The molecule has 2 rings (SSSR count). The van der Waals surface area contributed by atoms with Gasteiger partial charge < -0.3 is 4.74 Å². The van der Waals surface area contributed by atoms with E-state index in [4.69, 9.17) is 4.74 Å². The number of hydrogen-bond donors (Lipinski definition) is 0. The molecule has 0 N–H and O–H groups in total. The molecule has 1 aromatic rings. The van der Waals surface area contributed by atoms with E-state index in [1.165, 1.54) is 25.7 Å². The predicted octanol–water partition coefficient (Wildman–Crippen LogP) is 5.13. The number of rotatable bonds is 4. The van der Waals surface area contributed by atoms with Gasteiger partial charge in [0, 0.05) is 4.88 Å². The molecule has 1 fully saturated rings. The normalized spacial score (nSPS) is 18.8. The summed E-state index contributed by atoms with van der Waals surface area (Å²) in [6.45, 7) is 2.35. The minimum absolute atomic E-state index is 0.0382. The van der Waals surface area contributed by atoms with Crippen LogP contribution in [-0.4, -0.2) is 12.6 Å². The van der Waals surface area contributed by atoms with Crippen LogP contribution < -0.4 is 0 Å². The first-order chi connectivity index (χ1) is 9.22. The van der Waals surface area contributed by atoms with E-state index in [-0.39, 0.29) is 11.9 Å². The first-order valence-corrected chi connectivity index (χ1v) is 8.75. The predicted molar refractivity (Wildman–Crippen MR) is 82.6 cm³/mol. The summed E-state index contributed by atoms with van der Waals surface area (Å²) < 4.78 is 6.40. The Hall–Kier alpha value is -0.350. The molecule has 1 unspecified atom stereocenters. The molecule has 0 spiro atoms. The number of halogens is 1. The summed E-state index contributed by atoms with van der Waals surface area (Å²) >= 11 is 5.16. The summed E-state index contributed by atoms with van der Waals surface area (Å²) in [5, 5.41) is 0. The van der Waals surface area contributed by atoms with Gasteiger partial charge in [-0.2, -0.15) is 0 Å². The van der Waals surface area contributed by atoms with Crippen LogP contribution in [-0.2, 0) is 9.53 Å². The van der Waals surface area contributed by atoms with E-state index in [1.807, 2.05) is 13.0 Å². The topological polar surface area (TPSA) is 26.3 Å². The summed E-state index contributed by atoms with van der Waals surface area (Å²) in [5.74, 6) is 0.352. The molecule has 4 heteroatoms. The number of carbonyl (C=O) groups is 1. The van der Waals surface area contributed by atoms with E-state index in [9.17, 15) is 4.79 Å². The quantitative estimate of drug-likeness (QED) is 0.559. The molecule has 1 aliphatic rings. The van der Waals surface area contributed by atoms with Crippen molar-refractivity contribution < 1.29 is 9.53 Å². The molecule has 0 saturated heterocycles. The van der Waals surface area contributed by atoms with Gasteiger partial charge in [-0.15, -0.1) is 11.3 Å². The van der Waals surface area contributed by atoms with Crippen molar-refractivity contribution in [3.8, 4) is 0 Å². The van der Waals surface area contributed by atoms with Crippen LogP contribution in [0, 0.1) is 5.92 Å². The van der Waals surface area contributed by atoms with Gasteiger partial charge in [0.05, 0.1) is 16.3 Å². The minimum Gasteiger partial charge on any atom is -0.465 e. The molecule has 1 aliphatic carbocycles. The van der Waals surface area contributed by atoms with Crippen molar-refractivity contribution in [1.29, 1.82) is 0 Å². The van der Waals surface area contributed by atoms with Crippen LogP contribution in [0.5, 0.6) is 0 Å². The lowest BCUT2D eigenvalue weighted by Gasteiger charge is -2.23. The highest BCUT2D eigenvalue weighted by Gasteiger charge is 2.32. The number of hydrogen-bond acceptors (Lipinski definition) is 3. The standard InChI is InChI=1S/C15H21BrO2S/c1-2-18-15(17)14(12-9-10-13(16)19-12)11-7-5-3-4-6-8-11/h9-11,14H,2-8H2,1H3. The van der Waals surface area contributed by atoms with E-state index >= 15 is 0 Å². The minimum atomic E-state index is -0.0608. The molecule has 0 bridgehead atoms. The number of thiophene rings is 1. The third-order valence-corrected chi connectivity index (χ3v) is 5.52. The lowest BCUT2D eigenvalue weighted by atomic mass is 9.85. The summed E-state index contributed by atoms with van der Waals surface area (Å²) in [6.07, 6.45) is 7.40. The zero-order chi connectivity index (χ0) is 13.7. The Morgan fingerprint density at radius 1 is 1.37 bits per heavy atom. The van der Waals surface area contributed by atoms with Crippen LogP contribution in [0.1, 0.15) is 56.2 Å². The van der Waals surface area contributed by atoms with Crippen molar-refractivity contribution in [2.45, 2.75) is 51.4 Å². The smallest absolute Gasteiger partial charge is 0.314 e. The van der Waals surface area contributed by atoms with Crippen LogP contribution in [0.4, 0.5) is 0 Å². The first-order valence-electron chi connectivity index (χ1n) is 7.14. The van der Waals surface area contributed by atoms with Gasteiger partial charge in [0.25, 0.3) is 0 Å². The van der Waals surface area contributed by atoms with Crippen LogP contribution in [0.2, 0.25) is 0 Å². The van der Waals surface area contributed by atoms with Gasteiger partial charge in [0.1, 0.15) is 0 Å². The SMILES string of the molecule is CCOC(=O)C(c1ccc(Br)s1)C1CCCCCC1. The maximum absolute atomic E-state index is 12.3. The van der Waals surface area contributed by atoms with Crippen LogP contribution in [0.3, 0.4) is 0 Å². The van der Waals surface area contributed by atoms with Crippen molar-refractivity contribution in [1.82, 2.24) is 0 Å². The van der Waals surface area contributed by atoms with Gasteiger partial charge in [-0.25, -0.2) is 0 Å². The lowest BCUT2D eigenvalue weighted by molar-refractivity contribution is -0.146. The summed E-state index contributed by atoms with van der Waals surface area (Å²) in [6, 6.07) is 4.10. The molecular formula is C15H21BrO2S. The number of ether oxygens (including phenoxy) is 1. The number of esters is 1. The molecule has 1 atom stereocenters. The largest absolute Gasteiger partial charge is 0.465 e. The molecule has 1 heterocycles. The second kappa shape index (κ2) is 7.44. The first kappa shape index (κ1) is 15.0. The van der Waals surface area contributed by atoms with Crippen molar-refractivity contribution in [2.24, 2.45) is 5.92 Å². The van der Waals surface area contributed by atoms with Gasteiger partial charge in [-0.3, -0.25) is 4.79 Å². The maximum Gasteiger partial charge on any atom is 0.314 e. The van der Waals surface area contributed by atoms with Gasteiger partial charge >= 0.3 is 5.97 Å². The van der Waals surface area contributed by atoms with E-state index in [2.05, 4.69) is 22.0 Å². The summed E-state index contributed by atoms with van der Waals surface area (Å²) in [7, 11) is 0. The van der Waals surface area contributed by atoms with E-state index in [0.29, 0.717) is 12.5 Å². The lowest BCUT2D eigenvalue weighted by Crippen LogP contribution is -2.23. The second-order valence-corrected chi connectivity index (χ2v) is 7.62. The van der Waals surface area contributed by atoms with Crippen molar-refractivity contribution >= 4 is 33.2 Å². The zero-order valence-corrected chi connectivity index (χ0v) is 13.8. The Kier molecular flexibility index (Phi) is 5.89. The van der Waals surface area contributed by atoms with Gasteiger partial charge in [0.2, 0.25) is 0 Å². The van der Waals surface area contributed by atoms with Crippen LogP contribution in [0.15, 0.2) is 15.9 Å². The molecule has 1 aromatic heterocycles. The van der Waals surface area contributed by atoms with Gasteiger partial charge in [0.15, 0.2) is 0 Å². The maximum atomic E-state index is 12.3. The average Bonchev–Trinajstić information content (AvgIpc) is 2.65. The third kappa shape index (κ3) is 4.06. The van der Waals surface area contributed by atoms with Gasteiger partial charge in [-0.05, 0) is 53.7 Å². The van der Waals surface area contributed by atoms with Gasteiger partial charge in [-0.1, -0.05) is 25.7 Å². The highest BCUT2D eigenvalue weighted by atomic mass is 79.9. The average molecular weight is 345 g/mol. The van der Waals surface area contributed by atoms with E-state index < -0.39 is 0 Å². The third-order valence-electron chi connectivity index (χ3n) is 3.81. The molecule has 0 amide bonds. The molecule has 0 aromatic carbocycles. The second-order valence-electron chi connectivity index (χ2n) is 5.12. The Labute approximate surface area is 127 Å². The van der Waals surface area contributed by atoms with Crippen LogP contribution >= 0.6 is 27.3 Å². The highest BCUT2D eigenvalue weighted by Crippen LogP contribution is 2.39. The molecule has 0 radical (unpaired) electrons. The van der Waals surface area contributed by atoms with E-state index in [0.717, 1.165) is 21.5 Å². The van der Waals surface area contributed by atoms with Crippen LogP contribution in [0.25, 0.3) is 0 Å². The Bertz CT molecular complexity index is 408. The molecule has 2 nitrogen and oxygen atoms in total. The monoisotopic (exact) mass is 344 g/mol. The van der Waals surface area contributed by atoms with Crippen molar-refractivity contribution in [3.63, 3.8) is 0 Å². The van der Waals surface area contributed by atoms with E-state index in [1.54, 1.807) is 11.3 Å². The Morgan fingerprint density at radius 2 is 2.05 bits per heavy atom. The fraction of sp³-hybridized carbons (Fsp3) is 0.667. The molecular weight excluding hydrogens is 324 g/mol. The van der Waals surface area contributed by atoms with Crippen molar-refractivity contribution in [3.05, 3.63) is 20.8 Å². The fourth-order valence-electron chi connectivity index (χ4n) is 2.91. The molecule has 19 heavy (non-hydrogen) atoms. The Morgan fingerprint density at radius 3 is 2.58 bits per heavy atom. The molecule has 1 saturated carbocycles. The zero-order valence-electron chi connectivity index (χ0n) is 11.4. The fourth-order valence-corrected chi connectivity index (χ4v) is 4.52. The summed E-state index contributed by atoms with van der Waals surface area (Å²) in [4.78, 5) is 13.5. The number of carbonyl (C=O) groups excluding carboxylic acids is 1. The molecule has 0 aliphatic heterocycles. The van der Waals surface area contributed by atoms with Crippen molar-refractivity contribution in [2.75, 3.05) is 6.61 Å².